The number of benzene rings is 1. The van der Waals surface area contributed by atoms with Gasteiger partial charge in [0.15, 0.2) is 5.78 Å². The normalized spacial score (nSPS) is 20.1. The van der Waals surface area contributed by atoms with Crippen molar-refractivity contribution in [2.24, 2.45) is 11.3 Å². The number of esters is 1. The summed E-state index contributed by atoms with van der Waals surface area (Å²) in [7, 11) is 1.36. The van der Waals surface area contributed by atoms with Crippen LogP contribution in [0.15, 0.2) is 36.0 Å². The minimum atomic E-state index is -0.355. The van der Waals surface area contributed by atoms with Crippen molar-refractivity contribution in [1.82, 2.24) is 0 Å². The number of anilines is 1. The van der Waals surface area contributed by atoms with Gasteiger partial charge in [0.1, 0.15) is 0 Å². The van der Waals surface area contributed by atoms with Crippen LogP contribution in [0, 0.1) is 11.3 Å². The summed E-state index contributed by atoms with van der Waals surface area (Å²) in [5.74, 6) is 0.416. The van der Waals surface area contributed by atoms with Crippen LogP contribution in [0.2, 0.25) is 0 Å². The molecule has 0 saturated heterocycles. The summed E-state index contributed by atoms with van der Waals surface area (Å²) in [6, 6.07) is 7.03. The first-order chi connectivity index (χ1) is 11.4. The maximum Gasteiger partial charge on any atom is 0.337 e. The number of ketones is 1. The van der Waals surface area contributed by atoms with Gasteiger partial charge in [-0.3, -0.25) is 4.79 Å². The molecule has 0 aromatic heterocycles. The van der Waals surface area contributed by atoms with Crippen LogP contribution < -0.4 is 5.32 Å². The summed E-state index contributed by atoms with van der Waals surface area (Å²) < 4.78 is 4.68. The van der Waals surface area contributed by atoms with E-state index >= 15 is 0 Å². The van der Waals surface area contributed by atoms with Crippen LogP contribution in [0.25, 0.3) is 0 Å². The number of rotatable bonds is 5. The van der Waals surface area contributed by atoms with Crippen LogP contribution in [-0.4, -0.2) is 18.9 Å². The Kier molecular flexibility index (Phi) is 5.81. The maximum absolute atomic E-state index is 12.2. The van der Waals surface area contributed by atoms with Gasteiger partial charge in [-0.25, -0.2) is 4.79 Å². The van der Waals surface area contributed by atoms with Crippen molar-refractivity contribution >= 4 is 17.4 Å². The molecule has 130 valence electrons. The summed E-state index contributed by atoms with van der Waals surface area (Å²) in [5, 5.41) is 3.18. The first-order valence-electron chi connectivity index (χ1n) is 8.54. The minimum absolute atomic E-state index is 0.233. The number of Topliss-reactive ketones (excluding diaryl/α,β-unsaturated/α-hetero) is 1. The first-order valence-corrected chi connectivity index (χ1v) is 8.54. The molecule has 1 aromatic rings. The van der Waals surface area contributed by atoms with Crippen LogP contribution in [0.1, 0.15) is 56.8 Å². The fraction of sp³-hybridized carbons (Fsp3) is 0.500. The molecular formula is C20H27NO3. The van der Waals surface area contributed by atoms with E-state index in [0.717, 1.165) is 30.5 Å². The third-order valence-electron chi connectivity index (χ3n) is 5.28. The fourth-order valence-electron chi connectivity index (χ4n) is 3.03. The molecule has 0 unspecified atom stereocenters. The molecule has 1 aliphatic rings. The van der Waals surface area contributed by atoms with Crippen LogP contribution in [0.5, 0.6) is 0 Å². The van der Waals surface area contributed by atoms with E-state index < -0.39 is 0 Å². The Morgan fingerprint density at radius 1 is 1.33 bits per heavy atom. The number of carbonyl (C=O) groups excluding carboxylic acids is 2. The number of carbonyl (C=O) groups is 2. The lowest BCUT2D eigenvalue weighted by atomic mass is 9.68. The van der Waals surface area contributed by atoms with Gasteiger partial charge in [-0.15, -0.1) is 0 Å². The molecule has 4 heteroatoms. The Hall–Kier alpha value is -2.10. The summed E-state index contributed by atoms with van der Waals surface area (Å²) in [5.41, 5.74) is 2.47. The van der Waals surface area contributed by atoms with E-state index in [1.807, 2.05) is 18.3 Å². The highest BCUT2D eigenvalue weighted by molar-refractivity contribution is 5.96. The van der Waals surface area contributed by atoms with Gasteiger partial charge < -0.3 is 10.1 Å². The van der Waals surface area contributed by atoms with Gasteiger partial charge in [-0.05, 0) is 48.4 Å². The van der Waals surface area contributed by atoms with E-state index in [0.29, 0.717) is 17.9 Å². The highest BCUT2D eigenvalue weighted by Gasteiger charge is 2.33. The Bertz CT molecular complexity index is 629. The molecule has 0 aliphatic heterocycles. The summed E-state index contributed by atoms with van der Waals surface area (Å²) >= 11 is 0. The zero-order chi connectivity index (χ0) is 17.7. The van der Waals surface area contributed by atoms with E-state index in [2.05, 4.69) is 30.8 Å². The Balaban J connectivity index is 2.06. The third-order valence-corrected chi connectivity index (χ3v) is 5.28. The number of hydrogen-bond donors (Lipinski definition) is 1. The summed E-state index contributed by atoms with van der Waals surface area (Å²) in [4.78, 5) is 23.6. The first kappa shape index (κ1) is 18.2. The largest absolute Gasteiger partial charge is 0.465 e. The molecule has 1 aliphatic carbocycles. The van der Waals surface area contributed by atoms with E-state index in [-0.39, 0.29) is 17.2 Å². The van der Waals surface area contributed by atoms with Crippen molar-refractivity contribution in [3.8, 4) is 0 Å². The minimum Gasteiger partial charge on any atom is -0.465 e. The third kappa shape index (κ3) is 4.25. The van der Waals surface area contributed by atoms with Crippen LogP contribution >= 0.6 is 0 Å². The average Bonchev–Trinajstić information content (AvgIpc) is 2.60. The molecule has 4 nitrogen and oxygen atoms in total. The monoisotopic (exact) mass is 329 g/mol. The molecule has 1 N–H and O–H groups in total. The molecule has 1 fully saturated rings. The van der Waals surface area contributed by atoms with Crippen molar-refractivity contribution in [3.63, 3.8) is 0 Å². The van der Waals surface area contributed by atoms with E-state index in [1.54, 1.807) is 12.1 Å². The highest BCUT2D eigenvalue weighted by atomic mass is 16.5. The molecule has 24 heavy (non-hydrogen) atoms. The summed E-state index contributed by atoms with van der Waals surface area (Å²) in [6.45, 7) is 6.77. The quantitative estimate of drug-likeness (QED) is 0.635. The predicted molar refractivity (Wildman–Crippen MR) is 95.9 cm³/mol. The van der Waals surface area contributed by atoms with Gasteiger partial charge in [0.25, 0.3) is 0 Å². The molecule has 0 heterocycles. The standard InChI is InChI=1S/C20H27NO3/c1-5-20(2,3)16-8-11-18(22)15(12-16)13-21-17-9-6-14(7-10-17)19(23)24-4/h6-7,9-10,13,16,21H,5,8,11-12H2,1-4H3/b15-13+/t16-/m1/s1. The Labute approximate surface area is 144 Å². The molecule has 1 aromatic carbocycles. The van der Waals surface area contributed by atoms with Crippen molar-refractivity contribution < 1.29 is 14.3 Å². The van der Waals surface area contributed by atoms with Gasteiger partial charge in [-0.2, -0.15) is 0 Å². The van der Waals surface area contributed by atoms with E-state index in [1.165, 1.54) is 7.11 Å². The van der Waals surface area contributed by atoms with Crippen LogP contribution in [0.3, 0.4) is 0 Å². The second-order valence-corrected chi connectivity index (χ2v) is 7.09. The number of hydrogen-bond acceptors (Lipinski definition) is 4. The maximum atomic E-state index is 12.2. The SMILES string of the molecule is CCC(C)(C)[C@@H]1CCC(=O)/C(=C/Nc2ccc(C(=O)OC)cc2)C1. The topological polar surface area (TPSA) is 55.4 Å². The number of ether oxygens (including phenoxy) is 1. The number of methoxy groups -OCH3 is 1. The number of allylic oxidation sites excluding steroid dienone is 1. The lowest BCUT2D eigenvalue weighted by Crippen LogP contribution is -2.29. The average molecular weight is 329 g/mol. The van der Waals surface area contributed by atoms with Gasteiger partial charge in [0, 0.05) is 23.9 Å². The molecule has 0 radical (unpaired) electrons. The lowest BCUT2D eigenvalue weighted by Gasteiger charge is -2.36. The second-order valence-electron chi connectivity index (χ2n) is 7.09. The molecule has 1 saturated carbocycles. The Morgan fingerprint density at radius 3 is 2.58 bits per heavy atom. The molecular weight excluding hydrogens is 302 g/mol. The molecule has 0 bridgehead atoms. The summed E-state index contributed by atoms with van der Waals surface area (Å²) in [6.07, 6.45) is 5.37. The van der Waals surface area contributed by atoms with Crippen molar-refractivity contribution in [1.29, 1.82) is 0 Å². The zero-order valence-electron chi connectivity index (χ0n) is 15.0. The zero-order valence-corrected chi connectivity index (χ0v) is 15.0. The van der Waals surface area contributed by atoms with Gasteiger partial charge >= 0.3 is 5.97 Å². The van der Waals surface area contributed by atoms with Crippen LogP contribution in [-0.2, 0) is 9.53 Å². The molecule has 0 amide bonds. The van der Waals surface area contributed by atoms with Gasteiger partial charge in [0.05, 0.1) is 12.7 Å². The van der Waals surface area contributed by atoms with Crippen molar-refractivity contribution in [2.45, 2.75) is 46.5 Å². The smallest absolute Gasteiger partial charge is 0.337 e. The van der Waals surface area contributed by atoms with Crippen molar-refractivity contribution in [3.05, 3.63) is 41.6 Å². The second kappa shape index (κ2) is 7.65. The van der Waals surface area contributed by atoms with Crippen LogP contribution in [0.4, 0.5) is 5.69 Å². The lowest BCUT2D eigenvalue weighted by molar-refractivity contribution is -0.117. The predicted octanol–water partition coefficient (Wildman–Crippen LogP) is 4.57. The Morgan fingerprint density at radius 2 is 2.00 bits per heavy atom. The highest BCUT2D eigenvalue weighted by Crippen LogP contribution is 2.41. The molecule has 0 spiro atoms. The van der Waals surface area contributed by atoms with Gasteiger partial charge in [0.2, 0.25) is 0 Å². The number of nitrogens with one attached hydrogen (secondary N) is 1. The van der Waals surface area contributed by atoms with Gasteiger partial charge in [-0.1, -0.05) is 27.2 Å². The molecule has 2 rings (SSSR count). The van der Waals surface area contributed by atoms with Crippen molar-refractivity contribution in [2.75, 3.05) is 12.4 Å². The molecule has 1 atom stereocenters. The van der Waals surface area contributed by atoms with E-state index in [9.17, 15) is 9.59 Å². The fourth-order valence-corrected chi connectivity index (χ4v) is 3.03. The van der Waals surface area contributed by atoms with E-state index in [4.69, 9.17) is 0 Å².